The van der Waals surface area contributed by atoms with Crippen LogP contribution in [0.3, 0.4) is 0 Å². The van der Waals surface area contributed by atoms with Gasteiger partial charge in [-0.3, -0.25) is 9.59 Å². The molecule has 1 saturated heterocycles. The predicted octanol–water partition coefficient (Wildman–Crippen LogP) is 3.31. The van der Waals surface area contributed by atoms with Gasteiger partial charge in [-0.1, -0.05) is 32.9 Å². The number of fused-ring (bicyclic) bond motifs is 1. The van der Waals surface area contributed by atoms with Crippen molar-refractivity contribution in [3.05, 3.63) is 23.8 Å². The van der Waals surface area contributed by atoms with Gasteiger partial charge < -0.3 is 19.7 Å². The van der Waals surface area contributed by atoms with Gasteiger partial charge in [0.05, 0.1) is 24.0 Å². The lowest BCUT2D eigenvalue weighted by molar-refractivity contribution is -0.163. The number of hydrogen-bond acceptors (Lipinski definition) is 6. The second-order valence-corrected chi connectivity index (χ2v) is 9.68. The minimum atomic E-state index is -1.02. The molecule has 3 aliphatic rings. The summed E-state index contributed by atoms with van der Waals surface area (Å²) in [5.74, 6) is -0.270. The van der Waals surface area contributed by atoms with Crippen molar-refractivity contribution in [1.82, 2.24) is 0 Å². The maximum Gasteiger partial charge on any atom is 0.308 e. The molecule has 2 N–H and O–H groups in total. The predicted molar refractivity (Wildman–Crippen MR) is 112 cm³/mol. The molecular weight excluding hydrogens is 384 g/mol. The molecule has 1 aliphatic heterocycles. The van der Waals surface area contributed by atoms with Gasteiger partial charge in [0.15, 0.2) is 0 Å². The molecule has 0 bridgehead atoms. The molecule has 0 aromatic carbocycles. The maximum atomic E-state index is 12.6. The summed E-state index contributed by atoms with van der Waals surface area (Å²) >= 11 is 0. The van der Waals surface area contributed by atoms with Crippen LogP contribution >= 0.6 is 0 Å². The number of aliphatic hydroxyl groups excluding tert-OH is 1. The van der Waals surface area contributed by atoms with Crippen molar-refractivity contribution in [2.45, 2.75) is 90.1 Å². The lowest BCUT2D eigenvalue weighted by Crippen LogP contribution is -2.46. The summed E-state index contributed by atoms with van der Waals surface area (Å²) in [5.41, 5.74) is -0.0120. The second-order valence-electron chi connectivity index (χ2n) is 9.68. The largest absolute Gasteiger partial charge is 0.462 e. The van der Waals surface area contributed by atoms with Gasteiger partial charge >= 0.3 is 11.9 Å². The van der Waals surface area contributed by atoms with E-state index in [-0.39, 0.29) is 48.1 Å². The zero-order chi connectivity index (χ0) is 22.1. The van der Waals surface area contributed by atoms with Crippen LogP contribution in [0, 0.1) is 23.7 Å². The Bertz CT molecular complexity index is 708. The summed E-state index contributed by atoms with van der Waals surface area (Å²) in [7, 11) is 0. The molecule has 0 aromatic rings. The topological polar surface area (TPSA) is 93.1 Å². The first-order valence-corrected chi connectivity index (χ1v) is 11.3. The van der Waals surface area contributed by atoms with Gasteiger partial charge in [0.2, 0.25) is 0 Å². The van der Waals surface area contributed by atoms with Gasteiger partial charge in [0.25, 0.3) is 0 Å². The Morgan fingerprint density at radius 2 is 2.13 bits per heavy atom. The normalized spacial score (nSPS) is 39.5. The van der Waals surface area contributed by atoms with Crippen molar-refractivity contribution in [3.8, 4) is 0 Å². The molecule has 1 fully saturated rings. The fourth-order valence-corrected chi connectivity index (χ4v) is 5.08. The Balaban J connectivity index is 1.79. The molecule has 0 amide bonds. The van der Waals surface area contributed by atoms with Crippen LogP contribution in [0.5, 0.6) is 0 Å². The molecule has 1 unspecified atom stereocenters. The van der Waals surface area contributed by atoms with Gasteiger partial charge in [-0.15, -0.1) is 0 Å². The molecule has 6 nitrogen and oxygen atoms in total. The molecule has 3 rings (SSSR count). The number of carbonyl (C=O) groups is 2. The number of aliphatic hydroxyl groups is 2. The smallest absolute Gasteiger partial charge is 0.308 e. The van der Waals surface area contributed by atoms with Crippen molar-refractivity contribution in [3.63, 3.8) is 0 Å². The van der Waals surface area contributed by atoms with Crippen LogP contribution in [0.15, 0.2) is 23.8 Å². The fraction of sp³-hybridized carbons (Fsp3) is 0.750. The van der Waals surface area contributed by atoms with Crippen LogP contribution in [-0.2, 0) is 19.1 Å². The molecule has 0 radical (unpaired) electrons. The molecule has 0 spiro atoms. The first-order chi connectivity index (χ1) is 14.1. The Labute approximate surface area is 179 Å². The van der Waals surface area contributed by atoms with Crippen molar-refractivity contribution in [2.75, 3.05) is 0 Å². The third-order valence-electron chi connectivity index (χ3n) is 6.95. The monoisotopic (exact) mass is 420 g/mol. The standard InChI is InChI=1S/C24H36O6/c1-5-14(2)23(27)30-20-13-24(4,28)12-16-7-6-15(3)19(22(16)20)9-8-18-10-17(25)11-21(26)29-18/h6-7,12,14-15,17-20,22,25,28H,5,8-11,13H2,1-4H3/t14-,15-,17+,18+,19-,20-,22?,24+/m0/s1. The van der Waals surface area contributed by atoms with E-state index in [2.05, 4.69) is 13.0 Å². The van der Waals surface area contributed by atoms with Crippen LogP contribution in [0.4, 0.5) is 0 Å². The van der Waals surface area contributed by atoms with Crippen molar-refractivity contribution in [1.29, 1.82) is 0 Å². The van der Waals surface area contributed by atoms with E-state index in [0.29, 0.717) is 25.7 Å². The number of hydrogen-bond donors (Lipinski definition) is 2. The molecular formula is C24H36O6. The number of allylic oxidation sites excluding steroid dienone is 2. The SMILES string of the molecule is CC[C@H](C)C(=O)O[C@H]1C[C@](C)(O)C=C2C=C[C@H](C)[C@H](CC[C@@H]3C[C@@H](O)CC(=O)O3)C21. The van der Waals surface area contributed by atoms with Gasteiger partial charge in [-0.05, 0) is 49.7 Å². The van der Waals surface area contributed by atoms with E-state index >= 15 is 0 Å². The molecule has 30 heavy (non-hydrogen) atoms. The maximum absolute atomic E-state index is 12.6. The Hall–Kier alpha value is -1.66. The van der Waals surface area contributed by atoms with Crippen LogP contribution in [0.25, 0.3) is 0 Å². The molecule has 0 saturated carbocycles. The Morgan fingerprint density at radius 1 is 1.40 bits per heavy atom. The fourth-order valence-electron chi connectivity index (χ4n) is 5.08. The summed E-state index contributed by atoms with van der Waals surface area (Å²) in [4.78, 5) is 24.2. The minimum Gasteiger partial charge on any atom is -0.462 e. The highest BCUT2D eigenvalue weighted by molar-refractivity contribution is 5.72. The van der Waals surface area contributed by atoms with Gasteiger partial charge in [-0.2, -0.15) is 0 Å². The van der Waals surface area contributed by atoms with Crippen molar-refractivity contribution >= 4 is 11.9 Å². The van der Waals surface area contributed by atoms with Crippen LogP contribution in [-0.4, -0.2) is 46.1 Å². The second kappa shape index (κ2) is 9.23. The minimum absolute atomic E-state index is 0.00227. The number of ether oxygens (including phenoxy) is 2. The lowest BCUT2D eigenvalue weighted by Gasteiger charge is -2.45. The number of carbonyl (C=O) groups excluding carboxylic acids is 2. The molecule has 168 valence electrons. The first-order valence-electron chi connectivity index (χ1n) is 11.3. The quantitative estimate of drug-likeness (QED) is 0.641. The molecule has 1 heterocycles. The van der Waals surface area contributed by atoms with Crippen LogP contribution in [0.2, 0.25) is 0 Å². The summed E-state index contributed by atoms with van der Waals surface area (Å²) in [6, 6.07) is 0. The summed E-state index contributed by atoms with van der Waals surface area (Å²) < 4.78 is 11.4. The van der Waals surface area contributed by atoms with E-state index in [1.54, 1.807) is 6.92 Å². The van der Waals surface area contributed by atoms with E-state index in [0.717, 1.165) is 12.0 Å². The number of esters is 2. The first kappa shape index (κ1) is 23.0. The number of cyclic esters (lactones) is 1. The third-order valence-corrected chi connectivity index (χ3v) is 6.95. The van der Waals surface area contributed by atoms with Gasteiger partial charge in [0, 0.05) is 18.8 Å². The summed E-state index contributed by atoms with van der Waals surface area (Å²) in [6.07, 6.45) is 7.86. The molecule has 2 aliphatic carbocycles. The summed E-state index contributed by atoms with van der Waals surface area (Å²) in [5, 5.41) is 20.6. The van der Waals surface area contributed by atoms with Crippen molar-refractivity contribution < 1.29 is 29.3 Å². The average molecular weight is 421 g/mol. The third kappa shape index (κ3) is 5.33. The van der Waals surface area contributed by atoms with E-state index in [1.807, 2.05) is 26.0 Å². The Morgan fingerprint density at radius 3 is 2.80 bits per heavy atom. The highest BCUT2D eigenvalue weighted by Gasteiger charge is 2.45. The van der Waals surface area contributed by atoms with Crippen LogP contribution in [0.1, 0.15) is 66.2 Å². The zero-order valence-electron chi connectivity index (χ0n) is 18.5. The number of rotatable bonds is 6. The van der Waals surface area contributed by atoms with Crippen molar-refractivity contribution in [2.24, 2.45) is 23.7 Å². The van der Waals surface area contributed by atoms with Gasteiger partial charge in [0.1, 0.15) is 12.2 Å². The Kier molecular flexibility index (Phi) is 7.08. The lowest BCUT2D eigenvalue weighted by atomic mass is 9.64. The molecule has 0 aromatic heterocycles. The summed E-state index contributed by atoms with van der Waals surface area (Å²) in [6.45, 7) is 7.73. The molecule has 6 heteroatoms. The molecule has 8 atom stereocenters. The van der Waals surface area contributed by atoms with E-state index in [4.69, 9.17) is 9.47 Å². The van der Waals surface area contributed by atoms with Gasteiger partial charge in [-0.25, -0.2) is 0 Å². The zero-order valence-corrected chi connectivity index (χ0v) is 18.5. The van der Waals surface area contributed by atoms with E-state index in [1.165, 1.54) is 0 Å². The highest BCUT2D eigenvalue weighted by Crippen LogP contribution is 2.46. The average Bonchev–Trinajstić information content (AvgIpc) is 2.65. The van der Waals surface area contributed by atoms with E-state index < -0.39 is 17.8 Å². The van der Waals surface area contributed by atoms with Crippen LogP contribution < -0.4 is 0 Å². The van der Waals surface area contributed by atoms with E-state index in [9.17, 15) is 19.8 Å². The highest BCUT2D eigenvalue weighted by atomic mass is 16.6.